The standard InChI is InChI=1S/C66H46N2/c1-4-14-47(15-5-1)49-24-26-50(27-25-49)52-28-37-57(38-29-52)67(59-43-34-55(35-44-59)62-21-11-10-20-61(62)54-18-8-3-9-19-54)58-39-32-53(33-40-58)56-36-45-66-64(46-56)63-22-12-13-23-65(63)68(66)60-41-30-51(31-42-60)48-16-6-2-7-17-48/h1-46H/i1D,2D,3D,4D,5D,6D,7D,8D,9D,10D,11D,12D,13D,14D,15D,16D,17D,18D,19D,20D,21D,22D,23D,24D,25D,26D,27D,28D,29D,30D,31D,32D,33D,34D,35D,36D,37D,38D,39D,40D,41D,42D,43D,44D,45D,46D. The normalized spacial score (nSPS) is 20.7. The summed E-state index contributed by atoms with van der Waals surface area (Å²) in [5.74, 6) is 0. The van der Waals surface area contributed by atoms with E-state index in [1.807, 2.05) is 0 Å². The number of fused-ring (bicyclic) bond motifs is 3. The molecule has 1 aromatic heterocycles. The van der Waals surface area contributed by atoms with E-state index >= 15 is 0 Å². The molecule has 0 aliphatic heterocycles. The van der Waals surface area contributed by atoms with Crippen LogP contribution in [0.25, 0.3) is 94.3 Å². The summed E-state index contributed by atoms with van der Waals surface area (Å²) in [5.41, 5.74) is -19.1. The Kier molecular flexibility index (Phi) is 3.86. The lowest BCUT2D eigenvalue weighted by Crippen LogP contribution is -2.09. The maximum Gasteiger partial charge on any atom is 0.0645 e. The van der Waals surface area contributed by atoms with Crippen LogP contribution < -0.4 is 4.90 Å². The number of nitrogens with zero attached hydrogens (tertiary/aromatic N) is 2. The number of para-hydroxylation sites is 1. The van der Waals surface area contributed by atoms with E-state index in [4.69, 9.17) is 30.2 Å². The fraction of sp³-hybridized carbons (Fsp3) is 0. The van der Waals surface area contributed by atoms with Crippen LogP contribution in [0, 0.1) is 0 Å². The van der Waals surface area contributed by atoms with E-state index < -0.39 is 389 Å². The molecule has 0 saturated carbocycles. The molecule has 0 aliphatic carbocycles. The van der Waals surface area contributed by atoms with E-state index in [-0.39, 0.29) is 4.90 Å². The number of aromatic nitrogens is 1. The first-order valence-corrected chi connectivity index (χ1v) is 19.6. The highest BCUT2D eigenvalue weighted by atomic mass is 15.1. The van der Waals surface area contributed by atoms with Crippen molar-refractivity contribution in [3.63, 3.8) is 0 Å². The lowest BCUT2D eigenvalue weighted by atomic mass is 9.94. The third-order valence-electron chi connectivity index (χ3n) is 9.81. The first-order chi connectivity index (χ1) is 52.9. The Morgan fingerprint density at radius 1 is 0.250 bits per heavy atom. The minimum atomic E-state index is -1.53. The lowest BCUT2D eigenvalue weighted by molar-refractivity contribution is 1.18. The average Bonchev–Trinajstić information content (AvgIpc) is 1.46. The Morgan fingerprint density at radius 3 is 1.07 bits per heavy atom. The van der Waals surface area contributed by atoms with Gasteiger partial charge in [-0.3, -0.25) is 0 Å². The van der Waals surface area contributed by atoms with Gasteiger partial charge < -0.3 is 9.47 Å². The second-order valence-electron chi connectivity index (χ2n) is 13.8. The lowest BCUT2D eigenvalue weighted by Gasteiger charge is -2.26. The molecule has 11 aromatic carbocycles. The number of rotatable bonds is 10. The van der Waals surface area contributed by atoms with Crippen molar-refractivity contribution in [2.24, 2.45) is 0 Å². The summed E-state index contributed by atoms with van der Waals surface area (Å²) in [7, 11) is 0. The topological polar surface area (TPSA) is 8.17 Å². The van der Waals surface area contributed by atoms with Crippen molar-refractivity contribution < 1.29 is 63.1 Å². The second kappa shape index (κ2) is 17.8. The Balaban J connectivity index is 1.20. The van der Waals surface area contributed by atoms with Crippen molar-refractivity contribution in [3.8, 4) is 72.4 Å². The van der Waals surface area contributed by atoms with Gasteiger partial charge >= 0.3 is 0 Å². The number of hydrogen-bond donors (Lipinski definition) is 0. The van der Waals surface area contributed by atoms with Crippen molar-refractivity contribution in [2.45, 2.75) is 0 Å². The minimum Gasteiger partial charge on any atom is -0.311 e. The molecule has 0 N–H and O–H groups in total. The van der Waals surface area contributed by atoms with E-state index in [2.05, 4.69) is 0 Å². The van der Waals surface area contributed by atoms with Gasteiger partial charge in [0.05, 0.1) is 74.1 Å². The molecule has 0 spiro atoms. The Hall–Kier alpha value is -8.98. The predicted molar refractivity (Wildman–Crippen MR) is 288 cm³/mol. The summed E-state index contributed by atoms with van der Waals surface area (Å²) >= 11 is 0. The fourth-order valence-corrected chi connectivity index (χ4v) is 6.74. The summed E-state index contributed by atoms with van der Waals surface area (Å²) in [6.45, 7) is 0. The Bertz CT molecular complexity index is 6260. The minimum absolute atomic E-state index is 0.111. The molecular formula is C66H46N2. The molecule has 12 rings (SSSR count). The maximum absolute atomic E-state index is 9.97. The summed E-state index contributed by atoms with van der Waals surface area (Å²) < 4.78 is 419. The molecule has 0 unspecified atom stereocenters. The van der Waals surface area contributed by atoms with Crippen molar-refractivity contribution >= 4 is 38.9 Å². The van der Waals surface area contributed by atoms with Gasteiger partial charge in [-0.15, -0.1) is 0 Å². The molecule has 1 heterocycles. The van der Waals surface area contributed by atoms with Crippen LogP contribution in [0.4, 0.5) is 17.1 Å². The zero-order chi connectivity index (χ0) is 85.3. The average molecular weight is 913 g/mol. The summed E-state index contributed by atoms with van der Waals surface area (Å²) in [4.78, 5) is 0.111. The van der Waals surface area contributed by atoms with Crippen LogP contribution in [-0.4, -0.2) is 4.57 Å². The van der Waals surface area contributed by atoms with E-state index in [1.54, 1.807) is 0 Å². The molecule has 2 heteroatoms. The van der Waals surface area contributed by atoms with Crippen molar-refractivity contribution in [2.75, 3.05) is 4.90 Å². The van der Waals surface area contributed by atoms with Crippen LogP contribution in [0.2, 0.25) is 0 Å². The van der Waals surface area contributed by atoms with Gasteiger partial charge in [0.2, 0.25) is 0 Å². The second-order valence-corrected chi connectivity index (χ2v) is 13.8. The monoisotopic (exact) mass is 913 g/mol. The van der Waals surface area contributed by atoms with Crippen molar-refractivity contribution in [3.05, 3.63) is 278 Å². The fourth-order valence-electron chi connectivity index (χ4n) is 6.74. The summed E-state index contributed by atoms with van der Waals surface area (Å²) in [5, 5.41) is -1.64. The summed E-state index contributed by atoms with van der Waals surface area (Å²) in [6, 6.07) is -54.7. The van der Waals surface area contributed by atoms with Gasteiger partial charge in [-0.25, -0.2) is 0 Å². The highest BCUT2D eigenvalue weighted by molar-refractivity contribution is 6.10. The molecule has 0 radical (unpaired) electrons. The Morgan fingerprint density at radius 2 is 0.574 bits per heavy atom. The highest BCUT2D eigenvalue weighted by Crippen LogP contribution is 2.41. The largest absolute Gasteiger partial charge is 0.311 e. The molecule has 0 aliphatic rings. The van der Waals surface area contributed by atoms with Crippen LogP contribution in [0.5, 0.6) is 0 Å². The molecule has 2 nitrogen and oxygen atoms in total. The van der Waals surface area contributed by atoms with Crippen LogP contribution >= 0.6 is 0 Å². The number of anilines is 3. The van der Waals surface area contributed by atoms with E-state index in [0.29, 0.717) is 4.57 Å². The van der Waals surface area contributed by atoms with E-state index in [0.717, 1.165) is 0 Å². The van der Waals surface area contributed by atoms with Gasteiger partial charge in [-0.1, -0.05) is 211 Å². The first kappa shape index (κ1) is 14.8. The van der Waals surface area contributed by atoms with Gasteiger partial charge in [0, 0.05) is 33.5 Å². The van der Waals surface area contributed by atoms with Gasteiger partial charge in [0.1, 0.15) is 0 Å². The number of benzene rings is 11. The molecular weight excluding hydrogens is 821 g/mol. The van der Waals surface area contributed by atoms with Crippen LogP contribution in [0.15, 0.2) is 278 Å². The SMILES string of the molecule is [2H]c1c([2H])c([2H])c(-c2c([2H])c([2H])c(-c3c([2H])c([2H])c(N(c4c([2H])c([2H])c(-c5c([2H])c([2H])c([2H])c([2H])c5-c5c([2H])c([2H])c([2H])c([2H])c5[2H])c([2H])c4[2H])c4c([2H])c([2H])c(-c5c([2H])c([2H])c6c(c5[2H])c5c([2H])c([2H])c([2H])c([2H])c5n6-c5c([2H])c([2H])c(-c6c([2H])c([2H])c([2H])c([2H])c6[2H])c([2H])c5[2H])c([2H])c4[2H])c([2H])c3[2H])c([2H])c2[2H])c([2H])c1[2H]. The maximum atomic E-state index is 9.97. The summed E-state index contributed by atoms with van der Waals surface area (Å²) in [6.07, 6.45) is 0. The van der Waals surface area contributed by atoms with Gasteiger partial charge in [-0.05, 0) is 133 Å². The van der Waals surface area contributed by atoms with Crippen LogP contribution in [0.3, 0.4) is 0 Å². The van der Waals surface area contributed by atoms with Crippen molar-refractivity contribution in [1.82, 2.24) is 4.57 Å². The van der Waals surface area contributed by atoms with Crippen LogP contribution in [0.1, 0.15) is 63.1 Å². The Labute approximate surface area is 462 Å². The molecule has 68 heavy (non-hydrogen) atoms. The van der Waals surface area contributed by atoms with E-state index in [1.165, 1.54) is 0 Å². The van der Waals surface area contributed by atoms with Gasteiger partial charge in [-0.2, -0.15) is 0 Å². The first-order valence-electron chi connectivity index (χ1n) is 42.6. The smallest absolute Gasteiger partial charge is 0.0645 e. The zero-order valence-electron chi connectivity index (χ0n) is 79.9. The van der Waals surface area contributed by atoms with Gasteiger partial charge in [0.25, 0.3) is 0 Å². The third kappa shape index (κ3) is 7.74. The predicted octanol–water partition coefficient (Wildman–Crippen LogP) is 18.3. The molecule has 0 atom stereocenters. The zero-order valence-corrected chi connectivity index (χ0v) is 33.9. The van der Waals surface area contributed by atoms with Crippen LogP contribution in [-0.2, 0) is 0 Å². The molecule has 0 fully saturated rings. The highest BCUT2D eigenvalue weighted by Gasteiger charge is 2.17. The van der Waals surface area contributed by atoms with Gasteiger partial charge in [0.15, 0.2) is 0 Å². The quantitative estimate of drug-likeness (QED) is 0.133. The number of hydrogen-bond acceptors (Lipinski definition) is 1. The van der Waals surface area contributed by atoms with E-state index in [9.17, 15) is 32.9 Å². The molecule has 0 bridgehead atoms. The molecule has 320 valence electrons. The molecule has 12 aromatic rings. The van der Waals surface area contributed by atoms with Crippen molar-refractivity contribution in [1.29, 1.82) is 0 Å². The molecule has 0 amide bonds. The molecule has 0 saturated heterocycles. The third-order valence-corrected chi connectivity index (χ3v) is 9.81.